The smallest absolute Gasteiger partial charge is 0.481 e. The first-order valence-electron chi connectivity index (χ1n) is 13.0. The first kappa shape index (κ1) is 32.5. The zero-order valence-corrected chi connectivity index (χ0v) is 22.6. The maximum absolute atomic E-state index is 13.4. The third kappa shape index (κ3) is 10.7. The average Bonchev–Trinajstić information content (AvgIpc) is 2.96. The number of carbonyl (C=O) groups is 4. The molecule has 14 heteroatoms. The standard InChI is InChI=1S/C29H28F4N4O6/c30-20-10-7-18(8-11-20)21-12-9-19(15-23(21)43-28(42)29(31,32)33)22(16-27(40)41)37-26(39)17-36-25(38)6-2-4-14-35-24-5-1-3-13-34-24/h1,3,5,7-13,15,22H,2,4,6,14,16-17H2,(H,34,35)(H,36,38)(H,37,39)(H,40,41). The van der Waals surface area contributed by atoms with Gasteiger partial charge in [-0.1, -0.05) is 30.3 Å². The Morgan fingerprint density at radius 3 is 2.35 bits per heavy atom. The Kier molecular flexibility index (Phi) is 11.6. The van der Waals surface area contributed by atoms with Crippen LogP contribution in [0.4, 0.5) is 23.4 Å². The molecule has 0 aliphatic rings. The Hall–Kier alpha value is -5.01. The van der Waals surface area contributed by atoms with E-state index in [2.05, 4.69) is 25.7 Å². The van der Waals surface area contributed by atoms with Gasteiger partial charge in [0.2, 0.25) is 11.8 Å². The number of aliphatic carboxylic acids is 1. The van der Waals surface area contributed by atoms with E-state index in [-0.39, 0.29) is 23.1 Å². The molecule has 1 atom stereocenters. The van der Waals surface area contributed by atoms with Gasteiger partial charge in [-0.3, -0.25) is 14.4 Å². The van der Waals surface area contributed by atoms with Crippen molar-refractivity contribution in [1.82, 2.24) is 15.6 Å². The number of amides is 2. The minimum Gasteiger partial charge on any atom is -0.481 e. The maximum Gasteiger partial charge on any atom is 0.491 e. The zero-order chi connectivity index (χ0) is 31.4. The number of pyridine rings is 1. The van der Waals surface area contributed by atoms with Crippen LogP contribution in [0.3, 0.4) is 0 Å². The van der Waals surface area contributed by atoms with Gasteiger partial charge in [0.25, 0.3) is 0 Å². The molecular weight excluding hydrogens is 576 g/mol. The molecule has 228 valence electrons. The van der Waals surface area contributed by atoms with E-state index in [4.69, 9.17) is 0 Å². The summed E-state index contributed by atoms with van der Waals surface area (Å²) >= 11 is 0. The molecule has 2 aromatic carbocycles. The summed E-state index contributed by atoms with van der Waals surface area (Å²) in [7, 11) is 0. The van der Waals surface area contributed by atoms with Gasteiger partial charge in [-0.05, 0) is 54.3 Å². The minimum absolute atomic E-state index is 0.00996. The number of carboxylic acid groups (broad SMARTS) is 1. The summed E-state index contributed by atoms with van der Waals surface area (Å²) in [6.07, 6.45) is -3.05. The van der Waals surface area contributed by atoms with E-state index in [0.717, 1.165) is 18.2 Å². The van der Waals surface area contributed by atoms with Crippen molar-refractivity contribution < 1.29 is 46.6 Å². The first-order chi connectivity index (χ1) is 20.4. The molecule has 0 spiro atoms. The number of hydrogen-bond acceptors (Lipinski definition) is 7. The van der Waals surface area contributed by atoms with Crippen molar-refractivity contribution in [3.63, 3.8) is 0 Å². The molecule has 0 saturated carbocycles. The molecule has 1 aromatic heterocycles. The number of esters is 1. The lowest BCUT2D eigenvalue weighted by Gasteiger charge is -2.20. The van der Waals surface area contributed by atoms with E-state index in [9.17, 15) is 41.8 Å². The summed E-state index contributed by atoms with van der Waals surface area (Å²) in [4.78, 5) is 52.0. The van der Waals surface area contributed by atoms with Gasteiger partial charge < -0.3 is 25.8 Å². The molecule has 43 heavy (non-hydrogen) atoms. The van der Waals surface area contributed by atoms with Crippen molar-refractivity contribution >= 4 is 29.6 Å². The monoisotopic (exact) mass is 604 g/mol. The van der Waals surface area contributed by atoms with E-state index >= 15 is 0 Å². The summed E-state index contributed by atoms with van der Waals surface area (Å²) in [5.74, 6) is -5.52. The Labute approximate surface area is 243 Å². The zero-order valence-electron chi connectivity index (χ0n) is 22.6. The molecule has 10 nitrogen and oxygen atoms in total. The minimum atomic E-state index is -5.33. The second kappa shape index (κ2) is 15.3. The number of aromatic nitrogens is 1. The fourth-order valence-electron chi connectivity index (χ4n) is 3.90. The molecule has 4 N–H and O–H groups in total. The highest BCUT2D eigenvalue weighted by Crippen LogP contribution is 2.35. The molecule has 0 aliphatic carbocycles. The van der Waals surface area contributed by atoms with Crippen LogP contribution in [0.5, 0.6) is 5.75 Å². The largest absolute Gasteiger partial charge is 0.491 e. The fraction of sp³-hybridized carbons (Fsp3) is 0.276. The summed E-state index contributed by atoms with van der Waals surface area (Å²) in [6.45, 7) is 0.104. The molecule has 1 unspecified atom stereocenters. The fourth-order valence-corrected chi connectivity index (χ4v) is 3.90. The first-order valence-corrected chi connectivity index (χ1v) is 13.0. The molecular formula is C29H28F4N4O6. The Balaban J connectivity index is 1.64. The number of nitrogens with one attached hydrogen (secondary N) is 3. The second-order valence-electron chi connectivity index (χ2n) is 9.24. The van der Waals surface area contributed by atoms with Crippen LogP contribution in [0.2, 0.25) is 0 Å². The number of hydrogen-bond donors (Lipinski definition) is 4. The molecule has 1 heterocycles. The molecule has 0 bridgehead atoms. The lowest BCUT2D eigenvalue weighted by atomic mass is 9.97. The van der Waals surface area contributed by atoms with Gasteiger partial charge in [-0.2, -0.15) is 13.2 Å². The van der Waals surface area contributed by atoms with Crippen LogP contribution in [-0.4, -0.2) is 53.1 Å². The SMILES string of the molecule is O=C(O)CC(NC(=O)CNC(=O)CCCCNc1ccccn1)c1ccc(-c2ccc(F)cc2)c(OC(=O)C(F)(F)F)c1. The third-order valence-electron chi connectivity index (χ3n) is 5.96. The van der Waals surface area contributed by atoms with Crippen LogP contribution in [0.15, 0.2) is 66.9 Å². The highest BCUT2D eigenvalue weighted by Gasteiger charge is 2.41. The Morgan fingerprint density at radius 1 is 0.953 bits per heavy atom. The molecule has 3 rings (SSSR count). The van der Waals surface area contributed by atoms with Crippen LogP contribution in [0.25, 0.3) is 11.1 Å². The lowest BCUT2D eigenvalue weighted by molar-refractivity contribution is -0.189. The second-order valence-corrected chi connectivity index (χ2v) is 9.24. The van der Waals surface area contributed by atoms with Crippen LogP contribution in [-0.2, 0) is 19.2 Å². The molecule has 0 aliphatic heterocycles. The molecule has 3 aromatic rings. The molecule has 0 fully saturated rings. The van der Waals surface area contributed by atoms with E-state index in [1.165, 1.54) is 24.3 Å². The van der Waals surface area contributed by atoms with Gasteiger partial charge in [-0.15, -0.1) is 0 Å². The van der Waals surface area contributed by atoms with Crippen molar-refractivity contribution in [2.75, 3.05) is 18.4 Å². The molecule has 0 radical (unpaired) electrons. The van der Waals surface area contributed by atoms with E-state index < -0.39 is 60.5 Å². The van der Waals surface area contributed by atoms with E-state index in [1.54, 1.807) is 18.3 Å². The predicted molar refractivity (Wildman–Crippen MR) is 146 cm³/mol. The summed E-state index contributed by atoms with van der Waals surface area (Å²) in [5, 5.41) is 17.3. The van der Waals surface area contributed by atoms with Crippen LogP contribution < -0.4 is 20.7 Å². The lowest BCUT2D eigenvalue weighted by Crippen LogP contribution is -2.39. The number of anilines is 1. The number of alkyl halides is 3. The van der Waals surface area contributed by atoms with Gasteiger partial charge in [0.15, 0.2) is 0 Å². The topological polar surface area (TPSA) is 147 Å². The molecule has 2 amide bonds. The number of ether oxygens (including phenoxy) is 1. The van der Waals surface area contributed by atoms with Crippen LogP contribution in [0.1, 0.15) is 37.3 Å². The number of carbonyl (C=O) groups excluding carboxylic acids is 3. The summed E-state index contributed by atoms with van der Waals surface area (Å²) in [6, 6.07) is 12.4. The van der Waals surface area contributed by atoms with Gasteiger partial charge >= 0.3 is 18.1 Å². The summed E-state index contributed by atoms with van der Waals surface area (Å²) in [5.41, 5.74) is 0.217. The van der Waals surface area contributed by atoms with Gasteiger partial charge in [0, 0.05) is 24.7 Å². The molecule has 0 saturated heterocycles. The highest BCUT2D eigenvalue weighted by molar-refractivity contribution is 5.85. The van der Waals surface area contributed by atoms with Gasteiger partial charge in [0.05, 0.1) is 19.0 Å². The van der Waals surface area contributed by atoms with Gasteiger partial charge in [0.1, 0.15) is 17.4 Å². The average molecular weight is 605 g/mol. The van der Waals surface area contributed by atoms with Gasteiger partial charge in [-0.25, -0.2) is 14.2 Å². The quantitative estimate of drug-likeness (QED) is 0.0918. The number of nitrogens with zero attached hydrogens (tertiary/aromatic N) is 1. The Morgan fingerprint density at radius 2 is 1.70 bits per heavy atom. The van der Waals surface area contributed by atoms with Crippen LogP contribution >= 0.6 is 0 Å². The predicted octanol–water partition coefficient (Wildman–Crippen LogP) is 4.39. The summed E-state index contributed by atoms with van der Waals surface area (Å²) < 4.78 is 56.8. The third-order valence-corrected chi connectivity index (χ3v) is 5.96. The number of carboxylic acids is 1. The van der Waals surface area contributed by atoms with Crippen molar-refractivity contribution in [1.29, 1.82) is 0 Å². The highest BCUT2D eigenvalue weighted by atomic mass is 19.4. The van der Waals surface area contributed by atoms with Crippen molar-refractivity contribution in [2.45, 2.75) is 37.9 Å². The van der Waals surface area contributed by atoms with Crippen molar-refractivity contribution in [3.05, 3.63) is 78.2 Å². The van der Waals surface area contributed by atoms with Crippen molar-refractivity contribution in [2.24, 2.45) is 0 Å². The maximum atomic E-state index is 13.4. The number of unbranched alkanes of at least 4 members (excludes halogenated alkanes) is 1. The van der Waals surface area contributed by atoms with E-state index in [1.807, 2.05) is 6.07 Å². The normalized spacial score (nSPS) is 11.7. The number of rotatable bonds is 14. The van der Waals surface area contributed by atoms with Crippen LogP contribution in [0, 0.1) is 5.82 Å². The number of halogens is 4. The van der Waals surface area contributed by atoms with E-state index in [0.29, 0.717) is 25.2 Å². The van der Waals surface area contributed by atoms with Crippen molar-refractivity contribution in [3.8, 4) is 16.9 Å². The Bertz CT molecular complexity index is 1420. The number of benzene rings is 2.